The topological polar surface area (TPSA) is 101 Å². The van der Waals surface area contributed by atoms with Gasteiger partial charge in [0, 0.05) is 6.42 Å². The van der Waals surface area contributed by atoms with E-state index in [1.54, 1.807) is 0 Å². The minimum absolute atomic E-state index is 0.219. The van der Waals surface area contributed by atoms with E-state index in [0.29, 0.717) is 25.7 Å². The summed E-state index contributed by atoms with van der Waals surface area (Å²) >= 11 is 0. The van der Waals surface area contributed by atoms with Gasteiger partial charge in [0.1, 0.15) is 5.60 Å². The number of hydrogen-bond acceptors (Lipinski definition) is 5. The third-order valence-electron chi connectivity index (χ3n) is 4.74. The van der Waals surface area contributed by atoms with Crippen LogP contribution in [0.4, 0.5) is 4.39 Å². The van der Waals surface area contributed by atoms with Crippen LogP contribution < -0.4 is 0 Å². The SMILES string of the molecule is O=C(OC12CC3CC(CC(O)(C3)C1)C2)C(F)S(=O)(=O)O. The first-order chi connectivity index (χ1) is 9.11. The van der Waals surface area contributed by atoms with Gasteiger partial charge in [-0.15, -0.1) is 0 Å². The zero-order valence-electron chi connectivity index (χ0n) is 10.8. The molecule has 0 aliphatic heterocycles. The Morgan fingerprint density at radius 1 is 1.25 bits per heavy atom. The molecule has 0 heterocycles. The molecule has 114 valence electrons. The van der Waals surface area contributed by atoms with E-state index < -0.39 is 32.8 Å². The molecule has 0 aromatic rings. The van der Waals surface area contributed by atoms with Crippen LogP contribution in [0.15, 0.2) is 0 Å². The van der Waals surface area contributed by atoms with Gasteiger partial charge < -0.3 is 9.84 Å². The monoisotopic (exact) mass is 308 g/mol. The summed E-state index contributed by atoms with van der Waals surface area (Å²) in [6.45, 7) is 0. The summed E-state index contributed by atoms with van der Waals surface area (Å²) in [6, 6.07) is 0. The number of carbonyl (C=O) groups is 1. The van der Waals surface area contributed by atoms with Gasteiger partial charge in [-0.1, -0.05) is 0 Å². The first-order valence-corrected chi connectivity index (χ1v) is 8.17. The standard InChI is InChI=1S/C12H17FO6S/c13-9(20(16,17)18)10(14)19-12-4-7-1-8(5-12)3-11(15,2-7)6-12/h7-9,15H,1-6H2,(H,16,17,18). The molecule has 20 heavy (non-hydrogen) atoms. The molecule has 4 aliphatic carbocycles. The van der Waals surface area contributed by atoms with Crippen LogP contribution in [-0.4, -0.2) is 40.8 Å². The smallest absolute Gasteiger partial charge is 0.359 e. The highest BCUT2D eigenvalue weighted by molar-refractivity contribution is 7.87. The number of carbonyl (C=O) groups excluding carboxylic acids is 1. The molecule has 0 saturated heterocycles. The molecule has 0 aromatic carbocycles. The number of ether oxygens (including phenoxy) is 1. The van der Waals surface area contributed by atoms with Gasteiger partial charge in [0.25, 0.3) is 0 Å². The molecule has 3 unspecified atom stereocenters. The third-order valence-corrected chi connectivity index (χ3v) is 5.46. The normalized spacial score (nSPS) is 44.4. The fourth-order valence-corrected chi connectivity index (χ4v) is 4.92. The molecule has 8 heteroatoms. The Bertz CT molecular complexity index is 530. The van der Waals surface area contributed by atoms with E-state index in [-0.39, 0.29) is 18.3 Å². The number of halogens is 1. The van der Waals surface area contributed by atoms with Gasteiger partial charge in [0.2, 0.25) is 0 Å². The van der Waals surface area contributed by atoms with Crippen molar-refractivity contribution in [2.24, 2.45) is 11.8 Å². The molecule has 3 atom stereocenters. The molecule has 0 spiro atoms. The summed E-state index contributed by atoms with van der Waals surface area (Å²) in [5.74, 6) is -1.14. The largest absolute Gasteiger partial charge is 0.456 e. The second-order valence-corrected chi connectivity index (χ2v) is 8.06. The van der Waals surface area contributed by atoms with E-state index in [4.69, 9.17) is 9.29 Å². The van der Waals surface area contributed by atoms with Crippen LogP contribution in [0.25, 0.3) is 0 Å². The van der Waals surface area contributed by atoms with Crippen LogP contribution in [0, 0.1) is 11.8 Å². The maximum Gasteiger partial charge on any atom is 0.359 e. The average molecular weight is 308 g/mol. The highest BCUT2D eigenvalue weighted by atomic mass is 32.2. The van der Waals surface area contributed by atoms with Crippen LogP contribution in [-0.2, 0) is 19.6 Å². The van der Waals surface area contributed by atoms with Gasteiger partial charge in [-0.2, -0.15) is 8.42 Å². The number of hydrogen-bond donors (Lipinski definition) is 2. The minimum Gasteiger partial charge on any atom is -0.456 e. The lowest BCUT2D eigenvalue weighted by atomic mass is 9.52. The van der Waals surface area contributed by atoms with E-state index in [0.717, 1.165) is 6.42 Å². The Morgan fingerprint density at radius 2 is 1.80 bits per heavy atom. The molecular weight excluding hydrogens is 291 g/mol. The van der Waals surface area contributed by atoms with Crippen molar-refractivity contribution in [1.82, 2.24) is 0 Å². The zero-order chi connectivity index (χ0) is 14.8. The number of rotatable bonds is 3. The second-order valence-electron chi connectivity index (χ2n) is 6.62. The Hall–Kier alpha value is -0.730. The molecule has 0 amide bonds. The fourth-order valence-electron chi connectivity index (χ4n) is 4.63. The maximum atomic E-state index is 13.3. The molecule has 4 saturated carbocycles. The third kappa shape index (κ3) is 2.33. The van der Waals surface area contributed by atoms with Crippen molar-refractivity contribution >= 4 is 16.1 Å². The fraction of sp³-hybridized carbons (Fsp3) is 0.917. The Morgan fingerprint density at radius 3 is 2.25 bits per heavy atom. The van der Waals surface area contributed by atoms with E-state index in [1.807, 2.05) is 0 Å². The van der Waals surface area contributed by atoms with E-state index >= 15 is 0 Å². The zero-order valence-corrected chi connectivity index (χ0v) is 11.6. The summed E-state index contributed by atoms with van der Waals surface area (Å²) in [5, 5.41) is 10.4. The maximum absolute atomic E-state index is 13.3. The molecule has 4 rings (SSSR count). The van der Waals surface area contributed by atoms with Crippen molar-refractivity contribution in [3.63, 3.8) is 0 Å². The summed E-state index contributed by atoms with van der Waals surface area (Å²) in [6.07, 6.45) is 3.53. The Balaban J connectivity index is 1.79. The van der Waals surface area contributed by atoms with Crippen molar-refractivity contribution in [2.75, 3.05) is 0 Å². The van der Waals surface area contributed by atoms with Gasteiger partial charge in [-0.05, 0) is 43.9 Å². The van der Waals surface area contributed by atoms with Gasteiger partial charge in [-0.25, -0.2) is 9.18 Å². The van der Waals surface area contributed by atoms with Crippen LogP contribution in [0.2, 0.25) is 0 Å². The average Bonchev–Trinajstić information content (AvgIpc) is 2.22. The van der Waals surface area contributed by atoms with Crippen molar-refractivity contribution in [2.45, 2.75) is 55.2 Å². The predicted octanol–water partition coefficient (Wildman–Crippen LogP) is 0.797. The van der Waals surface area contributed by atoms with Crippen LogP contribution in [0.5, 0.6) is 0 Å². The molecule has 0 aromatic heterocycles. The summed E-state index contributed by atoms with van der Waals surface area (Å²) in [5.41, 5.74) is -4.95. The molecular formula is C12H17FO6S. The van der Waals surface area contributed by atoms with Crippen LogP contribution in [0.3, 0.4) is 0 Å². The summed E-state index contributed by atoms with van der Waals surface area (Å²) in [7, 11) is -5.10. The first kappa shape index (κ1) is 14.2. The van der Waals surface area contributed by atoms with Crippen molar-refractivity contribution in [3.05, 3.63) is 0 Å². The number of aliphatic hydroxyl groups is 1. The van der Waals surface area contributed by atoms with Crippen molar-refractivity contribution in [3.8, 4) is 0 Å². The Kier molecular flexibility index (Phi) is 2.94. The highest BCUT2D eigenvalue weighted by Gasteiger charge is 2.59. The minimum atomic E-state index is -5.10. The second kappa shape index (κ2) is 4.14. The van der Waals surface area contributed by atoms with E-state index in [1.165, 1.54) is 0 Å². The first-order valence-electron chi connectivity index (χ1n) is 6.67. The molecule has 0 radical (unpaired) electrons. The molecule has 4 fully saturated rings. The van der Waals surface area contributed by atoms with E-state index in [9.17, 15) is 22.7 Å². The van der Waals surface area contributed by atoms with Gasteiger partial charge in [0.15, 0.2) is 0 Å². The highest BCUT2D eigenvalue weighted by Crippen LogP contribution is 2.58. The lowest BCUT2D eigenvalue weighted by Gasteiger charge is -2.59. The van der Waals surface area contributed by atoms with Crippen molar-refractivity contribution in [1.29, 1.82) is 0 Å². The van der Waals surface area contributed by atoms with Crippen LogP contribution in [0.1, 0.15) is 38.5 Å². The summed E-state index contributed by atoms with van der Waals surface area (Å²) in [4.78, 5) is 11.6. The van der Waals surface area contributed by atoms with E-state index in [2.05, 4.69) is 0 Å². The van der Waals surface area contributed by atoms with Gasteiger partial charge in [0.05, 0.1) is 5.60 Å². The molecule has 4 bridgehead atoms. The molecule has 2 N–H and O–H groups in total. The number of esters is 1. The summed E-state index contributed by atoms with van der Waals surface area (Å²) < 4.78 is 48.3. The quantitative estimate of drug-likeness (QED) is 0.590. The lowest BCUT2D eigenvalue weighted by Crippen LogP contribution is -2.60. The predicted molar refractivity (Wildman–Crippen MR) is 64.9 cm³/mol. The molecule has 6 nitrogen and oxygen atoms in total. The molecule has 4 aliphatic rings. The van der Waals surface area contributed by atoms with Gasteiger partial charge in [-0.3, -0.25) is 4.55 Å². The Labute approximate surface area is 116 Å². The lowest BCUT2D eigenvalue weighted by molar-refractivity contribution is -0.221. The van der Waals surface area contributed by atoms with Gasteiger partial charge >= 0.3 is 21.6 Å². The number of alkyl halides is 1. The van der Waals surface area contributed by atoms with Crippen LogP contribution >= 0.6 is 0 Å². The van der Waals surface area contributed by atoms with Crippen molar-refractivity contribution < 1.29 is 32.0 Å².